The summed E-state index contributed by atoms with van der Waals surface area (Å²) in [6.07, 6.45) is 14.8. The molecule has 0 bridgehead atoms. The minimum absolute atomic E-state index is 0.0997. The molecule has 0 aromatic carbocycles. The largest absolute Gasteiger partial charge is 0.481 e. The zero-order valence-corrected chi connectivity index (χ0v) is 47.2. The lowest BCUT2D eigenvalue weighted by Crippen LogP contribution is -2.44. The molecule has 25 nitrogen and oxygen atoms in total. The summed E-state index contributed by atoms with van der Waals surface area (Å²) in [5.74, 6) is -9.15. The molecular formula is C55H95N5O20. The van der Waals surface area contributed by atoms with E-state index >= 15 is 0 Å². The van der Waals surface area contributed by atoms with Crippen LogP contribution in [0.25, 0.3) is 0 Å². The number of unbranched alkanes of at least 4 members (excludes halogenated alkanes) is 14. The van der Waals surface area contributed by atoms with E-state index in [1.807, 2.05) is 0 Å². The number of likely N-dealkylation sites (N-methyl/N-ethyl adjacent to an activating group) is 1. The first-order valence-corrected chi connectivity index (χ1v) is 28.6. The number of aliphatic hydroxyl groups excluding tert-OH is 1. The molecule has 0 aliphatic heterocycles. The first-order valence-electron chi connectivity index (χ1n) is 28.6. The summed E-state index contributed by atoms with van der Waals surface area (Å²) in [7, 11) is 1.65. The first-order chi connectivity index (χ1) is 38.4. The second-order valence-electron chi connectivity index (χ2n) is 19.8. The number of nitrogens with one attached hydrogen (secondary N) is 5. The van der Waals surface area contributed by atoms with E-state index in [2.05, 4.69) is 26.6 Å². The van der Waals surface area contributed by atoms with Gasteiger partial charge < -0.3 is 71.1 Å². The number of amides is 4. The average molecular weight is 1150 g/mol. The van der Waals surface area contributed by atoms with E-state index < -0.39 is 97.3 Å². The van der Waals surface area contributed by atoms with Crippen LogP contribution in [0, 0.1) is 5.92 Å². The number of aliphatic carboxylic acids is 4. The maximum absolute atomic E-state index is 12.7. The lowest BCUT2D eigenvalue weighted by molar-refractivity contribution is -0.145. The fourth-order valence-corrected chi connectivity index (χ4v) is 8.22. The number of hydrogen-bond donors (Lipinski definition) is 10. The SMILES string of the molecule is CN[C@@H](CCCCNC(=O)COCCOCCCC(=O)COCCOCCNC(=O)CC[C@H](CC(=O)CC[C@H](NC(=O)CC[C@H](NC(=O)CCCCCCCCCCCCCCCCC(=O)O)C(=O)O)C(=O)O)C(=O)O)C(=O)CO. The van der Waals surface area contributed by atoms with E-state index in [1.165, 1.54) is 19.3 Å². The highest BCUT2D eigenvalue weighted by Crippen LogP contribution is 2.17. The molecule has 0 unspecified atom stereocenters. The number of carbonyl (C=O) groups excluding carboxylic acids is 7. The Morgan fingerprint density at radius 2 is 0.875 bits per heavy atom. The maximum Gasteiger partial charge on any atom is 0.326 e. The normalized spacial score (nSPS) is 12.6. The van der Waals surface area contributed by atoms with Crippen molar-refractivity contribution in [3.63, 3.8) is 0 Å². The van der Waals surface area contributed by atoms with Gasteiger partial charge in [0.2, 0.25) is 23.6 Å². The predicted molar refractivity (Wildman–Crippen MR) is 291 cm³/mol. The van der Waals surface area contributed by atoms with Crippen molar-refractivity contribution in [3.05, 3.63) is 0 Å². The zero-order valence-electron chi connectivity index (χ0n) is 47.2. The lowest BCUT2D eigenvalue weighted by atomic mass is 9.94. The van der Waals surface area contributed by atoms with Crippen molar-refractivity contribution in [3.8, 4) is 0 Å². The average Bonchev–Trinajstić information content (AvgIpc) is 3.41. The summed E-state index contributed by atoms with van der Waals surface area (Å²) < 4.78 is 21.4. The molecule has 25 heteroatoms. The number of ketones is 3. The highest BCUT2D eigenvalue weighted by atomic mass is 16.5. The summed E-state index contributed by atoms with van der Waals surface area (Å²) in [5.41, 5.74) is 0. The van der Waals surface area contributed by atoms with Crippen LogP contribution in [0.15, 0.2) is 0 Å². The van der Waals surface area contributed by atoms with Crippen molar-refractivity contribution in [1.82, 2.24) is 26.6 Å². The second-order valence-corrected chi connectivity index (χ2v) is 19.8. The van der Waals surface area contributed by atoms with Crippen LogP contribution < -0.4 is 26.6 Å². The molecule has 0 spiro atoms. The van der Waals surface area contributed by atoms with Crippen molar-refractivity contribution >= 4 is 64.9 Å². The predicted octanol–water partition coefficient (Wildman–Crippen LogP) is 3.42. The molecule has 0 aliphatic rings. The Kier molecular flexibility index (Phi) is 47.0. The summed E-state index contributed by atoms with van der Waals surface area (Å²) in [6.45, 7) is 0.914. The fourth-order valence-electron chi connectivity index (χ4n) is 8.22. The summed E-state index contributed by atoms with van der Waals surface area (Å²) in [4.78, 5) is 132. The molecule has 80 heavy (non-hydrogen) atoms. The summed E-state index contributed by atoms with van der Waals surface area (Å²) in [5, 5.41) is 59.5. The van der Waals surface area contributed by atoms with Crippen LogP contribution in [0.2, 0.25) is 0 Å². The van der Waals surface area contributed by atoms with Gasteiger partial charge in [0, 0.05) is 64.6 Å². The standard InChI is InChI=1S/C55H95N5O20/c1-56-44(47(64)38-61)20-16-17-29-57-51(68)40-80-36-33-77-31-18-19-43(63)39-79-35-34-78-32-30-58-48(65)27-23-41(53(71)72)37-42(62)24-25-45(54(73)74)60-50(67)28-26-46(55(75)76)59-49(66)21-14-12-10-8-6-4-2-3-5-7-9-11-13-15-22-52(69)70/h41,44-46,56,61H,2-40H2,1H3,(H,57,68)(H,58,65)(H,59,66)(H,60,67)(H,69,70)(H,71,72)(H,73,74)(H,75,76)/t41-,44+,45+,46+/m1/s1. The Morgan fingerprint density at radius 1 is 0.388 bits per heavy atom. The molecule has 0 aromatic rings. The van der Waals surface area contributed by atoms with Crippen molar-refractivity contribution in [2.45, 2.75) is 198 Å². The van der Waals surface area contributed by atoms with Gasteiger partial charge in [-0.15, -0.1) is 0 Å². The number of aliphatic hydroxyl groups is 1. The van der Waals surface area contributed by atoms with Gasteiger partial charge in [-0.25, -0.2) is 9.59 Å². The fraction of sp³-hybridized carbons (Fsp3) is 0.800. The molecule has 0 saturated heterocycles. The van der Waals surface area contributed by atoms with Crippen molar-refractivity contribution in [2.24, 2.45) is 5.92 Å². The van der Waals surface area contributed by atoms with E-state index in [0.29, 0.717) is 45.3 Å². The van der Waals surface area contributed by atoms with Crippen LogP contribution in [-0.2, 0) is 71.7 Å². The molecule has 0 aromatic heterocycles. The molecule has 0 fully saturated rings. The Hall–Kier alpha value is -5.47. The number of hydrogen-bond acceptors (Lipinski definition) is 17. The van der Waals surface area contributed by atoms with E-state index in [0.717, 1.165) is 64.2 Å². The Balaban J connectivity index is 4.14. The van der Waals surface area contributed by atoms with E-state index in [4.69, 9.17) is 29.2 Å². The smallest absolute Gasteiger partial charge is 0.326 e. The Morgan fingerprint density at radius 3 is 1.41 bits per heavy atom. The maximum atomic E-state index is 12.7. The third-order valence-electron chi connectivity index (χ3n) is 12.9. The van der Waals surface area contributed by atoms with Crippen LogP contribution in [0.1, 0.15) is 180 Å². The molecule has 0 heterocycles. The summed E-state index contributed by atoms with van der Waals surface area (Å²) >= 11 is 0. The number of carboxylic acid groups (broad SMARTS) is 4. The van der Waals surface area contributed by atoms with E-state index in [9.17, 15) is 68.1 Å². The molecule has 10 N–H and O–H groups in total. The van der Waals surface area contributed by atoms with Gasteiger partial charge >= 0.3 is 23.9 Å². The van der Waals surface area contributed by atoms with Crippen molar-refractivity contribution in [1.29, 1.82) is 0 Å². The van der Waals surface area contributed by atoms with Gasteiger partial charge in [-0.05, 0) is 64.8 Å². The zero-order chi connectivity index (χ0) is 59.6. The third-order valence-corrected chi connectivity index (χ3v) is 12.9. The number of ether oxygens (including phenoxy) is 4. The van der Waals surface area contributed by atoms with Crippen LogP contribution in [0.5, 0.6) is 0 Å². The Labute approximate surface area is 470 Å². The quantitative estimate of drug-likeness (QED) is 0.0390. The molecule has 460 valence electrons. The van der Waals surface area contributed by atoms with Gasteiger partial charge in [0.05, 0.1) is 45.0 Å². The monoisotopic (exact) mass is 1150 g/mol. The van der Waals surface area contributed by atoms with Crippen LogP contribution in [0.4, 0.5) is 0 Å². The molecular weight excluding hydrogens is 1050 g/mol. The minimum Gasteiger partial charge on any atom is -0.481 e. The van der Waals surface area contributed by atoms with Crippen molar-refractivity contribution in [2.75, 3.05) is 79.6 Å². The highest BCUT2D eigenvalue weighted by Gasteiger charge is 2.27. The van der Waals surface area contributed by atoms with Crippen molar-refractivity contribution < 1.29 is 97.2 Å². The molecule has 0 radical (unpaired) electrons. The van der Waals surface area contributed by atoms with E-state index in [1.54, 1.807) is 7.05 Å². The van der Waals surface area contributed by atoms with Gasteiger partial charge in [0.15, 0.2) is 11.6 Å². The van der Waals surface area contributed by atoms with E-state index in [-0.39, 0.29) is 115 Å². The Bertz CT molecular complexity index is 1800. The van der Waals surface area contributed by atoms with Gasteiger partial charge in [0.25, 0.3) is 0 Å². The topological polar surface area (TPSA) is 386 Å². The molecule has 0 rings (SSSR count). The third kappa shape index (κ3) is 45.3. The minimum atomic E-state index is -1.53. The van der Waals surface area contributed by atoms with Gasteiger partial charge in [-0.2, -0.15) is 0 Å². The number of carbonyl (C=O) groups is 11. The molecule has 0 saturated carbocycles. The lowest BCUT2D eigenvalue weighted by Gasteiger charge is -2.17. The highest BCUT2D eigenvalue weighted by molar-refractivity contribution is 5.88. The molecule has 4 atom stereocenters. The first kappa shape index (κ1) is 74.5. The van der Waals surface area contributed by atoms with Gasteiger partial charge in [-0.1, -0.05) is 77.0 Å². The number of Topliss-reactive ketones (excluding diaryl/α,β-unsaturated/α-hetero) is 3. The second kappa shape index (κ2) is 50.5. The number of rotatable bonds is 58. The van der Waals surface area contributed by atoms with Crippen LogP contribution in [0.3, 0.4) is 0 Å². The summed E-state index contributed by atoms with van der Waals surface area (Å²) in [6, 6.07) is -3.31. The van der Waals surface area contributed by atoms with Gasteiger partial charge in [-0.3, -0.25) is 43.2 Å². The van der Waals surface area contributed by atoms with Crippen LogP contribution >= 0.6 is 0 Å². The molecule has 4 amide bonds. The van der Waals surface area contributed by atoms with Gasteiger partial charge in [0.1, 0.15) is 37.7 Å². The number of carboxylic acids is 4. The van der Waals surface area contributed by atoms with Crippen LogP contribution in [-0.4, -0.2) is 188 Å². The molecule has 0 aliphatic carbocycles.